The largest absolute Gasteiger partial charge is 0.465 e. The highest BCUT2D eigenvalue weighted by Gasteiger charge is 2.05. The van der Waals surface area contributed by atoms with Crippen molar-refractivity contribution in [2.75, 3.05) is 13.1 Å². The third-order valence-corrected chi connectivity index (χ3v) is 1.94. The second-order valence-electron chi connectivity index (χ2n) is 2.36. The van der Waals surface area contributed by atoms with E-state index in [2.05, 4.69) is 15.6 Å². The van der Waals surface area contributed by atoms with E-state index in [-0.39, 0.29) is 19.0 Å². The minimum absolute atomic E-state index is 0.186. The Bertz CT molecular complexity index is 312. The van der Waals surface area contributed by atoms with Gasteiger partial charge >= 0.3 is 6.09 Å². The van der Waals surface area contributed by atoms with E-state index in [0.29, 0.717) is 5.69 Å². The molecule has 0 bridgehead atoms. The molecule has 76 valence electrons. The summed E-state index contributed by atoms with van der Waals surface area (Å²) in [4.78, 5) is 25.0. The molecule has 0 saturated carbocycles. The topological polar surface area (TPSA) is 91.3 Å². The Hall–Kier alpha value is -1.63. The van der Waals surface area contributed by atoms with Crippen LogP contribution in [0.25, 0.3) is 0 Å². The molecule has 0 saturated heterocycles. The maximum Gasteiger partial charge on any atom is 0.404 e. The standard InChI is InChI=1S/C7H9N3O3S/c11-6(5-3-14-4-10-5)8-1-2-9-7(12)13/h3-4,9H,1-2H2,(H,8,11)(H,12,13). The number of hydrogen-bond donors (Lipinski definition) is 3. The van der Waals surface area contributed by atoms with Crippen LogP contribution >= 0.6 is 11.3 Å². The molecule has 2 amide bonds. The molecular formula is C7H9N3O3S. The lowest BCUT2D eigenvalue weighted by molar-refractivity contribution is 0.0949. The second kappa shape index (κ2) is 5.18. The first kappa shape index (κ1) is 10.5. The number of rotatable bonds is 4. The van der Waals surface area contributed by atoms with Gasteiger partial charge in [-0.25, -0.2) is 9.78 Å². The van der Waals surface area contributed by atoms with Crippen LogP contribution in [0.3, 0.4) is 0 Å². The van der Waals surface area contributed by atoms with E-state index in [4.69, 9.17) is 5.11 Å². The molecule has 0 radical (unpaired) electrons. The van der Waals surface area contributed by atoms with Crippen LogP contribution in [0.2, 0.25) is 0 Å². The fourth-order valence-electron chi connectivity index (χ4n) is 0.761. The fraction of sp³-hybridized carbons (Fsp3) is 0.286. The van der Waals surface area contributed by atoms with Gasteiger partial charge in [-0.2, -0.15) is 0 Å². The van der Waals surface area contributed by atoms with Crippen LogP contribution in [0.15, 0.2) is 10.9 Å². The summed E-state index contributed by atoms with van der Waals surface area (Å²) in [6.07, 6.45) is -1.10. The number of hydrogen-bond acceptors (Lipinski definition) is 4. The highest BCUT2D eigenvalue weighted by Crippen LogP contribution is 1.99. The first-order valence-electron chi connectivity index (χ1n) is 3.83. The summed E-state index contributed by atoms with van der Waals surface area (Å²) < 4.78 is 0. The maximum absolute atomic E-state index is 11.2. The molecule has 0 aliphatic heterocycles. The molecular weight excluding hydrogens is 206 g/mol. The van der Waals surface area contributed by atoms with E-state index in [1.807, 2.05) is 0 Å². The summed E-state index contributed by atoms with van der Waals surface area (Å²) in [7, 11) is 0. The predicted octanol–water partition coefficient (Wildman–Crippen LogP) is 0.141. The van der Waals surface area contributed by atoms with Crippen molar-refractivity contribution in [1.82, 2.24) is 15.6 Å². The maximum atomic E-state index is 11.2. The van der Waals surface area contributed by atoms with Gasteiger partial charge in [-0.15, -0.1) is 11.3 Å². The quantitative estimate of drug-likeness (QED) is 0.623. The molecule has 6 nitrogen and oxygen atoms in total. The summed E-state index contributed by atoms with van der Waals surface area (Å²) in [5.74, 6) is -0.293. The molecule has 1 heterocycles. The zero-order chi connectivity index (χ0) is 10.4. The summed E-state index contributed by atoms with van der Waals surface area (Å²) in [6.45, 7) is 0.438. The average Bonchev–Trinajstić information content (AvgIpc) is 2.64. The van der Waals surface area contributed by atoms with Crippen LogP contribution in [-0.4, -0.2) is 35.2 Å². The summed E-state index contributed by atoms with van der Waals surface area (Å²) >= 11 is 1.33. The lowest BCUT2D eigenvalue weighted by Gasteiger charge is -2.02. The average molecular weight is 215 g/mol. The lowest BCUT2D eigenvalue weighted by Crippen LogP contribution is -2.34. The Morgan fingerprint density at radius 1 is 1.43 bits per heavy atom. The van der Waals surface area contributed by atoms with Crippen molar-refractivity contribution < 1.29 is 14.7 Å². The number of carbonyl (C=O) groups is 2. The smallest absolute Gasteiger partial charge is 0.404 e. The molecule has 0 fully saturated rings. The minimum Gasteiger partial charge on any atom is -0.465 e. The molecule has 0 aromatic carbocycles. The second-order valence-corrected chi connectivity index (χ2v) is 3.08. The van der Waals surface area contributed by atoms with Gasteiger partial charge in [-0.1, -0.05) is 0 Å². The van der Waals surface area contributed by atoms with Gasteiger partial charge in [0.1, 0.15) is 5.69 Å². The Kier molecular flexibility index (Phi) is 3.86. The molecule has 7 heteroatoms. The van der Waals surface area contributed by atoms with Crippen LogP contribution in [0, 0.1) is 0 Å². The van der Waals surface area contributed by atoms with Crippen molar-refractivity contribution in [3.63, 3.8) is 0 Å². The SMILES string of the molecule is O=C(O)NCCNC(=O)c1cscn1. The Morgan fingerprint density at radius 3 is 2.71 bits per heavy atom. The van der Waals surface area contributed by atoms with Gasteiger partial charge in [0.05, 0.1) is 5.51 Å². The first-order chi connectivity index (χ1) is 6.70. The molecule has 1 aromatic heterocycles. The van der Waals surface area contributed by atoms with Gasteiger partial charge in [-0.3, -0.25) is 4.79 Å². The predicted molar refractivity (Wildman–Crippen MR) is 50.5 cm³/mol. The molecule has 0 spiro atoms. The zero-order valence-corrected chi connectivity index (χ0v) is 8.00. The third kappa shape index (κ3) is 3.40. The van der Waals surface area contributed by atoms with E-state index < -0.39 is 6.09 Å². The monoisotopic (exact) mass is 215 g/mol. The van der Waals surface area contributed by atoms with Crippen molar-refractivity contribution in [3.05, 3.63) is 16.6 Å². The lowest BCUT2D eigenvalue weighted by atomic mass is 10.4. The third-order valence-electron chi connectivity index (χ3n) is 1.35. The van der Waals surface area contributed by atoms with Crippen molar-refractivity contribution >= 4 is 23.3 Å². The van der Waals surface area contributed by atoms with Gasteiger partial charge in [0.2, 0.25) is 0 Å². The summed E-state index contributed by atoms with van der Waals surface area (Å²) in [5.41, 5.74) is 1.91. The molecule has 0 unspecified atom stereocenters. The Labute approximate surface area is 84.0 Å². The highest BCUT2D eigenvalue weighted by molar-refractivity contribution is 7.07. The molecule has 0 aliphatic rings. The number of carboxylic acid groups (broad SMARTS) is 1. The van der Waals surface area contributed by atoms with E-state index in [1.54, 1.807) is 10.9 Å². The van der Waals surface area contributed by atoms with Crippen LogP contribution in [0.5, 0.6) is 0 Å². The van der Waals surface area contributed by atoms with Crippen molar-refractivity contribution in [2.24, 2.45) is 0 Å². The van der Waals surface area contributed by atoms with Crippen LogP contribution < -0.4 is 10.6 Å². The first-order valence-corrected chi connectivity index (χ1v) is 4.77. The summed E-state index contributed by atoms with van der Waals surface area (Å²) in [6, 6.07) is 0. The highest BCUT2D eigenvalue weighted by atomic mass is 32.1. The molecule has 0 aliphatic carbocycles. The van der Waals surface area contributed by atoms with E-state index in [9.17, 15) is 9.59 Å². The van der Waals surface area contributed by atoms with E-state index >= 15 is 0 Å². The van der Waals surface area contributed by atoms with Gasteiger partial charge in [0, 0.05) is 18.5 Å². The fourth-order valence-corrected chi connectivity index (χ4v) is 1.29. The van der Waals surface area contributed by atoms with Crippen molar-refractivity contribution in [3.8, 4) is 0 Å². The molecule has 1 rings (SSSR count). The Morgan fingerprint density at radius 2 is 2.14 bits per heavy atom. The molecule has 14 heavy (non-hydrogen) atoms. The number of nitrogens with one attached hydrogen (secondary N) is 2. The van der Waals surface area contributed by atoms with Gasteiger partial charge in [0.15, 0.2) is 0 Å². The molecule has 3 N–H and O–H groups in total. The number of aromatic nitrogens is 1. The normalized spacial score (nSPS) is 9.43. The Balaban J connectivity index is 2.19. The number of amides is 2. The zero-order valence-electron chi connectivity index (χ0n) is 7.19. The van der Waals surface area contributed by atoms with Crippen LogP contribution in [-0.2, 0) is 0 Å². The van der Waals surface area contributed by atoms with Gasteiger partial charge in [-0.05, 0) is 0 Å². The number of nitrogens with zero attached hydrogens (tertiary/aromatic N) is 1. The number of carbonyl (C=O) groups excluding carboxylic acids is 1. The van der Waals surface area contributed by atoms with Crippen molar-refractivity contribution in [2.45, 2.75) is 0 Å². The van der Waals surface area contributed by atoms with Crippen molar-refractivity contribution in [1.29, 1.82) is 0 Å². The molecule has 0 atom stereocenters. The minimum atomic E-state index is -1.10. The van der Waals surface area contributed by atoms with Gasteiger partial charge in [0.25, 0.3) is 5.91 Å². The van der Waals surface area contributed by atoms with E-state index in [0.717, 1.165) is 0 Å². The van der Waals surface area contributed by atoms with Crippen LogP contribution in [0.1, 0.15) is 10.5 Å². The van der Waals surface area contributed by atoms with Crippen LogP contribution in [0.4, 0.5) is 4.79 Å². The number of thiazole rings is 1. The summed E-state index contributed by atoms with van der Waals surface area (Å²) in [5, 5.41) is 14.5. The van der Waals surface area contributed by atoms with Gasteiger partial charge < -0.3 is 15.7 Å². The van der Waals surface area contributed by atoms with E-state index in [1.165, 1.54) is 11.3 Å². The molecule has 1 aromatic rings.